The van der Waals surface area contributed by atoms with E-state index in [0.29, 0.717) is 6.17 Å². The van der Waals surface area contributed by atoms with Crippen molar-refractivity contribution in [3.8, 4) is 5.75 Å². The number of aromatic nitrogens is 1. The van der Waals surface area contributed by atoms with Gasteiger partial charge in [-0.25, -0.2) is 4.79 Å². The van der Waals surface area contributed by atoms with E-state index >= 15 is 0 Å². The van der Waals surface area contributed by atoms with Gasteiger partial charge in [-0.1, -0.05) is 19.6 Å². The number of hydrogen-bond donors (Lipinski definition) is 3. The molecular formula is C13H18N2O6Si. The van der Waals surface area contributed by atoms with Crippen LogP contribution in [0, 0.1) is 0 Å². The molecule has 3 N–H and O–H groups in total. The minimum Gasteiger partial charge on any atom is -0.503 e. The zero-order chi connectivity index (χ0) is 16.8. The fraction of sp³-hybridized carbons (Fsp3) is 0.462. The summed E-state index contributed by atoms with van der Waals surface area (Å²) < 4.78 is 1.12. The number of aliphatic hydroxyl groups excluding tert-OH is 1. The van der Waals surface area contributed by atoms with Crippen LogP contribution in [0.15, 0.2) is 11.0 Å². The topological polar surface area (TPSA) is 120 Å². The number of aliphatic hydroxyl groups is 1. The van der Waals surface area contributed by atoms with Gasteiger partial charge in [0.15, 0.2) is 11.4 Å². The van der Waals surface area contributed by atoms with Crippen LogP contribution in [-0.2, 0) is 6.54 Å². The predicted octanol–water partition coefficient (Wildman–Crippen LogP) is -0.0963. The van der Waals surface area contributed by atoms with E-state index in [1.54, 1.807) is 0 Å². The number of aromatic hydroxyl groups is 1. The number of aromatic carboxylic acids is 1. The number of rotatable bonds is 3. The first-order valence-electron chi connectivity index (χ1n) is 6.71. The van der Waals surface area contributed by atoms with Gasteiger partial charge >= 0.3 is 5.97 Å². The zero-order valence-corrected chi connectivity index (χ0v) is 13.5. The summed E-state index contributed by atoms with van der Waals surface area (Å²) in [5.74, 6) is -3.06. The molecule has 8 nitrogen and oxygen atoms in total. The van der Waals surface area contributed by atoms with Crippen molar-refractivity contribution in [2.45, 2.75) is 32.4 Å². The average molecular weight is 326 g/mol. The van der Waals surface area contributed by atoms with Crippen LogP contribution in [0.25, 0.3) is 0 Å². The first kappa shape index (κ1) is 16.2. The number of carbonyl (C=O) groups is 2. The molecule has 0 spiro atoms. The number of carboxylic acids is 1. The van der Waals surface area contributed by atoms with Gasteiger partial charge in [-0.3, -0.25) is 9.59 Å². The van der Waals surface area contributed by atoms with Crippen molar-refractivity contribution in [1.29, 1.82) is 0 Å². The van der Waals surface area contributed by atoms with Gasteiger partial charge in [0.1, 0.15) is 11.8 Å². The highest BCUT2D eigenvalue weighted by atomic mass is 28.3. The molecule has 0 saturated carbocycles. The maximum Gasteiger partial charge on any atom is 0.341 e. The Kier molecular flexibility index (Phi) is 3.88. The summed E-state index contributed by atoms with van der Waals surface area (Å²) in [6, 6.07) is 0. The molecule has 22 heavy (non-hydrogen) atoms. The van der Waals surface area contributed by atoms with E-state index in [4.69, 9.17) is 5.11 Å². The van der Waals surface area contributed by atoms with Crippen LogP contribution < -0.4 is 5.43 Å². The first-order chi connectivity index (χ1) is 10.0. The number of amides is 1. The van der Waals surface area contributed by atoms with Gasteiger partial charge in [0.2, 0.25) is 5.43 Å². The van der Waals surface area contributed by atoms with Gasteiger partial charge in [0, 0.05) is 12.4 Å². The third-order valence-electron chi connectivity index (χ3n) is 3.31. The molecule has 2 heterocycles. The zero-order valence-electron chi connectivity index (χ0n) is 12.5. The van der Waals surface area contributed by atoms with Crippen molar-refractivity contribution >= 4 is 20.0 Å². The molecule has 120 valence electrons. The van der Waals surface area contributed by atoms with Crippen LogP contribution in [0.1, 0.15) is 20.8 Å². The molecule has 1 aliphatic heterocycles. The number of fused-ring (bicyclic) bond motifs is 1. The quantitative estimate of drug-likeness (QED) is 0.667. The molecule has 1 atom stereocenters. The average Bonchev–Trinajstić information content (AvgIpc) is 2.37. The molecule has 0 radical (unpaired) electrons. The minimum atomic E-state index is -1.73. The minimum absolute atomic E-state index is 0.0975. The van der Waals surface area contributed by atoms with E-state index < -0.39 is 42.9 Å². The molecule has 1 aliphatic rings. The van der Waals surface area contributed by atoms with Crippen LogP contribution >= 0.6 is 0 Å². The van der Waals surface area contributed by atoms with Crippen molar-refractivity contribution < 1.29 is 24.9 Å². The SMILES string of the molecule is C[Si](C)(C)CN1C(=O)c2c(O)c(=O)c(C(=O)O)cn2CC1O. The summed E-state index contributed by atoms with van der Waals surface area (Å²) >= 11 is 0. The Morgan fingerprint density at radius 2 is 1.95 bits per heavy atom. The second kappa shape index (κ2) is 5.25. The number of hydrogen-bond acceptors (Lipinski definition) is 5. The van der Waals surface area contributed by atoms with Gasteiger partial charge in [-0.15, -0.1) is 0 Å². The standard InChI is InChI=1S/C13H18N2O6Si/c1-22(2,3)6-15-8(16)5-14-4-7(13(20)21)10(17)11(18)9(14)12(15)19/h4,8,16,18H,5-6H2,1-3H3,(H,20,21). The van der Waals surface area contributed by atoms with E-state index in [1.165, 1.54) is 4.90 Å². The lowest BCUT2D eigenvalue weighted by molar-refractivity contribution is -0.00511. The summed E-state index contributed by atoms with van der Waals surface area (Å²) in [4.78, 5) is 36.5. The third kappa shape index (κ3) is 2.77. The number of nitrogens with zero attached hydrogens (tertiary/aromatic N) is 2. The largest absolute Gasteiger partial charge is 0.503 e. The Morgan fingerprint density at radius 3 is 2.45 bits per heavy atom. The van der Waals surface area contributed by atoms with Crippen molar-refractivity contribution in [3.63, 3.8) is 0 Å². The second-order valence-electron chi connectivity index (χ2n) is 6.50. The van der Waals surface area contributed by atoms with E-state index in [9.17, 15) is 24.6 Å². The lowest BCUT2D eigenvalue weighted by atomic mass is 10.1. The number of pyridine rings is 1. The van der Waals surface area contributed by atoms with Crippen molar-refractivity contribution in [2.24, 2.45) is 0 Å². The molecule has 1 unspecified atom stereocenters. The number of carbonyl (C=O) groups excluding carboxylic acids is 1. The second-order valence-corrected chi connectivity index (χ2v) is 11.9. The monoisotopic (exact) mass is 326 g/mol. The Bertz CT molecular complexity index is 706. The molecular weight excluding hydrogens is 308 g/mol. The Labute approximate surface area is 127 Å². The van der Waals surface area contributed by atoms with E-state index in [0.717, 1.165) is 10.8 Å². The fourth-order valence-electron chi connectivity index (χ4n) is 2.40. The fourth-order valence-corrected chi connectivity index (χ4v) is 3.78. The first-order valence-corrected chi connectivity index (χ1v) is 10.4. The molecule has 0 saturated heterocycles. The van der Waals surface area contributed by atoms with Crippen LogP contribution in [0.5, 0.6) is 5.75 Å². The van der Waals surface area contributed by atoms with Crippen LogP contribution in [0.4, 0.5) is 0 Å². The van der Waals surface area contributed by atoms with Crippen LogP contribution in [0.2, 0.25) is 19.6 Å². The van der Waals surface area contributed by atoms with E-state index in [-0.39, 0.29) is 12.2 Å². The Morgan fingerprint density at radius 1 is 1.36 bits per heavy atom. The van der Waals surface area contributed by atoms with Gasteiger partial charge < -0.3 is 24.8 Å². The van der Waals surface area contributed by atoms with Gasteiger partial charge in [-0.05, 0) is 0 Å². The van der Waals surface area contributed by atoms with E-state index in [1.807, 2.05) is 19.6 Å². The molecule has 1 aromatic heterocycles. The molecule has 1 amide bonds. The highest BCUT2D eigenvalue weighted by Gasteiger charge is 2.37. The Hall–Kier alpha value is -2.13. The smallest absolute Gasteiger partial charge is 0.341 e. The molecule has 9 heteroatoms. The molecule has 0 fully saturated rings. The summed E-state index contributed by atoms with van der Waals surface area (Å²) in [7, 11) is -1.73. The van der Waals surface area contributed by atoms with E-state index in [2.05, 4.69) is 0 Å². The molecule has 1 aromatic rings. The summed E-state index contributed by atoms with van der Waals surface area (Å²) in [5.41, 5.74) is -2.02. The summed E-state index contributed by atoms with van der Waals surface area (Å²) in [5, 5.41) is 29.0. The van der Waals surface area contributed by atoms with Crippen LogP contribution in [0.3, 0.4) is 0 Å². The maximum atomic E-state index is 12.5. The maximum absolute atomic E-state index is 12.5. The van der Waals surface area contributed by atoms with Crippen molar-refractivity contribution in [1.82, 2.24) is 9.47 Å². The molecule has 2 rings (SSSR count). The molecule has 0 aromatic carbocycles. The van der Waals surface area contributed by atoms with Gasteiger partial charge in [0.05, 0.1) is 14.6 Å². The van der Waals surface area contributed by atoms with Crippen molar-refractivity contribution in [3.05, 3.63) is 27.7 Å². The molecule has 0 aliphatic carbocycles. The Balaban J connectivity index is 2.57. The molecule has 0 bridgehead atoms. The highest BCUT2D eigenvalue weighted by Crippen LogP contribution is 2.24. The summed E-state index contributed by atoms with van der Waals surface area (Å²) in [6.07, 6.45) is 0.212. The predicted molar refractivity (Wildman–Crippen MR) is 79.7 cm³/mol. The lowest BCUT2D eigenvalue weighted by Crippen LogP contribution is -2.54. The summed E-state index contributed by atoms with van der Waals surface area (Å²) in [6.45, 7) is 5.95. The lowest BCUT2D eigenvalue weighted by Gasteiger charge is -2.37. The van der Waals surface area contributed by atoms with Gasteiger partial charge in [-0.2, -0.15) is 0 Å². The van der Waals surface area contributed by atoms with Crippen LogP contribution in [-0.4, -0.2) is 57.1 Å². The normalized spacial score (nSPS) is 18.3. The number of carboxylic acid groups (broad SMARTS) is 1. The van der Waals surface area contributed by atoms with Gasteiger partial charge in [0.25, 0.3) is 5.91 Å². The highest BCUT2D eigenvalue weighted by molar-refractivity contribution is 6.76. The third-order valence-corrected chi connectivity index (χ3v) is 4.60. The van der Waals surface area contributed by atoms with Crippen molar-refractivity contribution in [2.75, 3.05) is 6.17 Å².